The van der Waals surface area contributed by atoms with Gasteiger partial charge in [-0.1, -0.05) is 18.2 Å². The van der Waals surface area contributed by atoms with Crippen LogP contribution in [0.2, 0.25) is 0 Å². The van der Waals surface area contributed by atoms with E-state index in [2.05, 4.69) is 21.7 Å². The van der Waals surface area contributed by atoms with Crippen molar-refractivity contribution in [3.05, 3.63) is 66.2 Å². The van der Waals surface area contributed by atoms with Crippen molar-refractivity contribution in [2.24, 2.45) is 7.05 Å². The Balaban J connectivity index is 1.42. The van der Waals surface area contributed by atoms with Crippen LogP contribution in [0.25, 0.3) is 5.69 Å². The van der Waals surface area contributed by atoms with Gasteiger partial charge in [0.1, 0.15) is 6.10 Å². The average molecular weight is 323 g/mol. The van der Waals surface area contributed by atoms with Crippen LogP contribution in [0.3, 0.4) is 0 Å². The predicted octanol–water partition coefficient (Wildman–Crippen LogP) is 2.23. The fourth-order valence-corrected chi connectivity index (χ4v) is 3.18. The van der Waals surface area contributed by atoms with Gasteiger partial charge in [0.25, 0.3) is 0 Å². The lowest BCUT2D eigenvalue weighted by atomic mass is 10.1. The van der Waals surface area contributed by atoms with Gasteiger partial charge in [-0.05, 0) is 24.6 Å². The summed E-state index contributed by atoms with van der Waals surface area (Å²) in [5.74, 6) is 0. The lowest BCUT2D eigenvalue weighted by molar-refractivity contribution is 0.0919. The van der Waals surface area contributed by atoms with E-state index in [0.717, 1.165) is 36.5 Å². The molecule has 0 amide bonds. The van der Waals surface area contributed by atoms with Crippen LogP contribution in [0.4, 0.5) is 0 Å². The Labute approximate surface area is 141 Å². The Kier molecular flexibility index (Phi) is 4.15. The smallest absolute Gasteiger partial charge is 0.114 e. The molecule has 1 aromatic carbocycles. The quantitative estimate of drug-likeness (QED) is 0.782. The molecule has 6 nitrogen and oxygen atoms in total. The topological polar surface area (TPSA) is 56.9 Å². The number of nitrogens with zero attached hydrogens (tertiary/aromatic N) is 4. The maximum absolute atomic E-state index is 5.91. The number of nitrogens with one attached hydrogen (secondary N) is 1. The first-order valence-electron chi connectivity index (χ1n) is 8.23. The molecule has 124 valence electrons. The van der Waals surface area contributed by atoms with Crippen LogP contribution < -0.4 is 5.32 Å². The molecule has 0 unspecified atom stereocenters. The van der Waals surface area contributed by atoms with Crippen molar-refractivity contribution < 1.29 is 4.74 Å². The van der Waals surface area contributed by atoms with Gasteiger partial charge in [0, 0.05) is 44.2 Å². The summed E-state index contributed by atoms with van der Waals surface area (Å²) in [7, 11) is 1.96. The summed E-state index contributed by atoms with van der Waals surface area (Å²) in [6, 6.07) is 12.5. The maximum Gasteiger partial charge on any atom is 0.114 e. The third kappa shape index (κ3) is 2.98. The van der Waals surface area contributed by atoms with Gasteiger partial charge in [0.2, 0.25) is 0 Å². The Morgan fingerprint density at radius 3 is 2.88 bits per heavy atom. The van der Waals surface area contributed by atoms with Crippen LogP contribution in [0.1, 0.15) is 23.8 Å². The summed E-state index contributed by atoms with van der Waals surface area (Å²) in [5, 5.41) is 12.3. The first kappa shape index (κ1) is 15.1. The van der Waals surface area contributed by atoms with Crippen molar-refractivity contribution in [2.45, 2.75) is 25.1 Å². The minimum Gasteiger partial charge on any atom is -0.370 e. The normalized spacial score (nSPS) is 20.5. The van der Waals surface area contributed by atoms with Crippen LogP contribution in [-0.4, -0.2) is 32.2 Å². The maximum atomic E-state index is 5.91. The minimum atomic E-state index is 0.0571. The number of benzene rings is 1. The molecule has 0 radical (unpaired) electrons. The monoisotopic (exact) mass is 323 g/mol. The van der Waals surface area contributed by atoms with Crippen molar-refractivity contribution in [1.82, 2.24) is 24.9 Å². The molecule has 2 atom stereocenters. The van der Waals surface area contributed by atoms with E-state index in [4.69, 9.17) is 4.74 Å². The van der Waals surface area contributed by atoms with Gasteiger partial charge >= 0.3 is 0 Å². The lowest BCUT2D eigenvalue weighted by Gasteiger charge is -2.19. The fourth-order valence-electron chi connectivity index (χ4n) is 3.18. The van der Waals surface area contributed by atoms with E-state index < -0.39 is 0 Å². The molecular formula is C18H21N5O. The third-order valence-corrected chi connectivity index (χ3v) is 4.47. The van der Waals surface area contributed by atoms with Crippen LogP contribution in [0, 0.1) is 0 Å². The van der Waals surface area contributed by atoms with Gasteiger partial charge in [-0.2, -0.15) is 10.2 Å². The first-order chi connectivity index (χ1) is 11.8. The minimum absolute atomic E-state index is 0.0571. The molecule has 0 bridgehead atoms. The molecule has 0 aliphatic carbocycles. The highest BCUT2D eigenvalue weighted by Crippen LogP contribution is 2.28. The zero-order valence-electron chi connectivity index (χ0n) is 13.7. The second-order valence-electron chi connectivity index (χ2n) is 6.08. The van der Waals surface area contributed by atoms with E-state index in [1.807, 2.05) is 65.2 Å². The number of hydrogen-bond donors (Lipinski definition) is 1. The van der Waals surface area contributed by atoms with E-state index in [-0.39, 0.29) is 6.10 Å². The van der Waals surface area contributed by atoms with E-state index in [0.29, 0.717) is 6.04 Å². The summed E-state index contributed by atoms with van der Waals surface area (Å²) < 4.78 is 9.70. The Bertz CT molecular complexity index is 795. The van der Waals surface area contributed by atoms with Gasteiger partial charge in [-0.3, -0.25) is 4.68 Å². The van der Waals surface area contributed by atoms with Crippen molar-refractivity contribution >= 4 is 0 Å². The number of rotatable bonds is 5. The van der Waals surface area contributed by atoms with Crippen LogP contribution in [-0.2, 0) is 18.3 Å². The molecule has 1 saturated heterocycles. The van der Waals surface area contributed by atoms with Gasteiger partial charge in [0.05, 0.1) is 17.6 Å². The summed E-state index contributed by atoms with van der Waals surface area (Å²) in [6.45, 7) is 1.55. The molecule has 6 heteroatoms. The summed E-state index contributed by atoms with van der Waals surface area (Å²) in [5.41, 5.74) is 3.35. The second-order valence-corrected chi connectivity index (χ2v) is 6.08. The largest absolute Gasteiger partial charge is 0.370 e. The van der Waals surface area contributed by atoms with Crippen LogP contribution in [0.15, 0.2) is 55.0 Å². The highest BCUT2D eigenvalue weighted by atomic mass is 16.5. The molecule has 2 aromatic heterocycles. The van der Waals surface area contributed by atoms with Gasteiger partial charge in [-0.25, -0.2) is 4.68 Å². The Hall–Kier alpha value is -2.44. The SMILES string of the molecule is Cn1nccc1[C@H]1OCC[C@@H]1NCc1cnn(-c2ccccc2)c1. The molecule has 0 saturated carbocycles. The predicted molar refractivity (Wildman–Crippen MR) is 90.7 cm³/mol. The number of hydrogen-bond acceptors (Lipinski definition) is 4. The molecule has 1 N–H and O–H groups in total. The highest BCUT2D eigenvalue weighted by molar-refractivity contribution is 5.30. The highest BCUT2D eigenvalue weighted by Gasteiger charge is 2.31. The summed E-state index contributed by atoms with van der Waals surface area (Å²) >= 11 is 0. The Morgan fingerprint density at radius 1 is 1.21 bits per heavy atom. The molecule has 1 aliphatic heterocycles. The van der Waals surface area contributed by atoms with E-state index in [1.165, 1.54) is 0 Å². The average Bonchev–Trinajstić information content (AvgIpc) is 3.34. The molecule has 1 aliphatic rings. The number of aryl methyl sites for hydroxylation is 1. The number of ether oxygens (including phenoxy) is 1. The molecule has 3 aromatic rings. The zero-order chi connectivity index (χ0) is 16.4. The van der Waals surface area contributed by atoms with Gasteiger partial charge in [0.15, 0.2) is 0 Å². The van der Waals surface area contributed by atoms with Crippen molar-refractivity contribution in [3.8, 4) is 5.69 Å². The molecular weight excluding hydrogens is 302 g/mol. The Morgan fingerprint density at radius 2 is 2.08 bits per heavy atom. The van der Waals surface area contributed by atoms with Crippen molar-refractivity contribution in [3.63, 3.8) is 0 Å². The first-order valence-corrected chi connectivity index (χ1v) is 8.23. The van der Waals surface area contributed by atoms with E-state index in [1.54, 1.807) is 0 Å². The van der Waals surface area contributed by atoms with E-state index in [9.17, 15) is 0 Å². The van der Waals surface area contributed by atoms with Gasteiger partial charge in [-0.15, -0.1) is 0 Å². The molecule has 3 heterocycles. The fraction of sp³-hybridized carbons (Fsp3) is 0.333. The molecule has 4 rings (SSSR count). The molecule has 1 fully saturated rings. The van der Waals surface area contributed by atoms with Crippen LogP contribution in [0.5, 0.6) is 0 Å². The third-order valence-electron chi connectivity index (χ3n) is 4.47. The molecule has 0 spiro atoms. The van der Waals surface area contributed by atoms with Crippen LogP contribution >= 0.6 is 0 Å². The molecule has 24 heavy (non-hydrogen) atoms. The zero-order valence-corrected chi connectivity index (χ0v) is 13.7. The second kappa shape index (κ2) is 6.59. The summed E-state index contributed by atoms with van der Waals surface area (Å²) in [4.78, 5) is 0. The standard InChI is InChI=1S/C18H21N5O/c1-22-17(7-9-20-22)18-16(8-10-24-18)19-11-14-12-21-23(13-14)15-5-3-2-4-6-15/h2-7,9,12-13,16,18-19H,8,10-11H2,1H3/t16-,18-/m0/s1. The van der Waals surface area contributed by atoms with Crippen molar-refractivity contribution in [2.75, 3.05) is 6.61 Å². The number of aromatic nitrogens is 4. The number of para-hydroxylation sites is 1. The van der Waals surface area contributed by atoms with Gasteiger partial charge < -0.3 is 10.1 Å². The summed E-state index contributed by atoms with van der Waals surface area (Å²) in [6.07, 6.45) is 6.86. The van der Waals surface area contributed by atoms with E-state index >= 15 is 0 Å². The lowest BCUT2D eigenvalue weighted by Crippen LogP contribution is -2.32. The van der Waals surface area contributed by atoms with Crippen molar-refractivity contribution in [1.29, 1.82) is 0 Å².